The summed E-state index contributed by atoms with van der Waals surface area (Å²) in [6.07, 6.45) is -6.05. The van der Waals surface area contributed by atoms with Gasteiger partial charge in [-0.05, 0) is 43.9 Å². The minimum absolute atomic E-state index is 0.0207. The minimum atomic E-state index is -2.46. The van der Waals surface area contributed by atoms with Crippen LogP contribution in [0.1, 0.15) is 98.3 Å². The molecule has 0 aromatic heterocycles. The number of aliphatic imine (C=N–C) groups is 1. The van der Waals surface area contributed by atoms with E-state index in [0.29, 0.717) is 0 Å². The lowest BCUT2D eigenvalue weighted by molar-refractivity contribution is -0.157. The number of aliphatic carboxylic acids is 5. The number of amides is 10. The summed E-state index contributed by atoms with van der Waals surface area (Å²) in [7, 11) is 0. The first-order valence-corrected chi connectivity index (χ1v) is 24.1. The van der Waals surface area contributed by atoms with Crippen LogP contribution in [0.25, 0.3) is 0 Å². The second kappa shape index (κ2) is 34.0. The normalized spacial score (nSPS) is 14.5. The van der Waals surface area contributed by atoms with Crippen molar-refractivity contribution >= 4 is 94.9 Å². The van der Waals surface area contributed by atoms with Gasteiger partial charge in [0.2, 0.25) is 59.1 Å². The summed E-state index contributed by atoms with van der Waals surface area (Å²) in [6.45, 7) is 6.40. The predicted molar refractivity (Wildman–Crippen MR) is 265 cm³/mol. The Bertz CT molecular complexity index is 2230. The Kier molecular flexibility index (Phi) is 30.2. The number of hydrogen-bond acceptors (Lipinski definition) is 17. The fraction of sp³-hybridized carbons (Fsp3) is 0.636. The third-order valence-corrected chi connectivity index (χ3v) is 11.5. The molecule has 24 N–H and O–H groups in total. The number of rotatable bonds is 39. The van der Waals surface area contributed by atoms with Crippen molar-refractivity contribution in [2.24, 2.45) is 63.1 Å². The molecular formula is C44H72N14O20. The first-order chi connectivity index (χ1) is 36.1. The maximum Gasteiger partial charge on any atom is 0.326 e. The van der Waals surface area contributed by atoms with Crippen molar-refractivity contribution < 1.29 is 97.5 Å². The number of hydrogen-bond donors (Lipinski definition) is 18. The van der Waals surface area contributed by atoms with Crippen LogP contribution in [0, 0.1) is 23.7 Å². The smallest absolute Gasteiger partial charge is 0.326 e. The molecule has 0 fully saturated rings. The van der Waals surface area contributed by atoms with Gasteiger partial charge in [0.05, 0.1) is 12.5 Å². The molecule has 9 unspecified atom stereocenters. The zero-order valence-electron chi connectivity index (χ0n) is 43.2. The first-order valence-electron chi connectivity index (χ1n) is 24.1. The molecule has 10 amide bonds. The van der Waals surface area contributed by atoms with Crippen LogP contribution in [-0.2, 0) is 71.9 Å². The molecule has 9 atom stereocenters. The summed E-state index contributed by atoms with van der Waals surface area (Å²) in [5.41, 5.74) is 32.0. The van der Waals surface area contributed by atoms with Crippen LogP contribution in [0.5, 0.6) is 0 Å². The van der Waals surface area contributed by atoms with Gasteiger partial charge in [-0.3, -0.25) is 72.1 Å². The fourth-order valence-corrected chi connectivity index (χ4v) is 6.99. The number of nitrogens with zero attached hydrogens (tertiary/aromatic N) is 1. The van der Waals surface area contributed by atoms with Crippen LogP contribution >= 0.6 is 0 Å². The van der Waals surface area contributed by atoms with Gasteiger partial charge in [0.25, 0.3) is 0 Å². The van der Waals surface area contributed by atoms with Gasteiger partial charge in [0.15, 0.2) is 17.8 Å². The van der Waals surface area contributed by atoms with E-state index in [0.717, 1.165) is 0 Å². The molecule has 0 aliphatic rings. The van der Waals surface area contributed by atoms with E-state index in [1.165, 1.54) is 0 Å². The summed E-state index contributed by atoms with van der Waals surface area (Å²) >= 11 is 0. The highest BCUT2D eigenvalue weighted by molar-refractivity contribution is 6.01. The standard InChI is InChI=1S/C44H72N14O20/c1-5-18(4)31(38(68)53-23(43(77)78)7-6-12-51-44(49)50)58-37(67)24(13-17(2)3)55-35(65)26(15-20(41(73)74)42(75)76)56-33(63)22(9-11-29(47)60)52-36(66)27(16-30(48)61)57-34(64)25(14-19(39(69)70)40(71)72)54-32(62)21(45)8-10-28(46)59/h17-27,31H,5-16,45H2,1-4H3,(H2,46,59)(H2,47,60)(H2,48,61)(H,52,66)(H,53,68)(H,54,62)(H,55,65)(H,56,63)(H,57,64)(H,58,67)(H,69,70)(H,71,72)(H,73,74)(H,75,76)(H,77,78)(H4,49,50,51). The molecule has 0 radical (unpaired) electrons. The van der Waals surface area contributed by atoms with Crippen molar-refractivity contribution in [1.82, 2.24) is 37.2 Å². The lowest BCUT2D eigenvalue weighted by Crippen LogP contribution is -2.61. The predicted octanol–water partition coefficient (Wildman–Crippen LogP) is -7.30. The van der Waals surface area contributed by atoms with Gasteiger partial charge in [0, 0.05) is 32.2 Å². The SMILES string of the molecule is CCC(C)C(NC(=O)C(CC(C)C)NC(=O)C(CC(C(=O)O)C(=O)O)NC(=O)C(CCC(N)=O)NC(=O)C(CC(N)=O)NC(=O)C(CC(C(=O)O)C(=O)O)NC(=O)C(N)CCC(N)=O)C(=O)NC(CCCN=C(N)N)C(=O)O. The number of guanidine groups is 1. The van der Waals surface area contributed by atoms with E-state index in [2.05, 4.69) is 31.6 Å². The molecule has 0 aliphatic heterocycles. The molecule has 34 nitrogen and oxygen atoms in total. The van der Waals surface area contributed by atoms with Crippen molar-refractivity contribution in [1.29, 1.82) is 0 Å². The van der Waals surface area contributed by atoms with E-state index in [1.54, 1.807) is 27.7 Å². The lowest BCUT2D eigenvalue weighted by atomic mass is 9.95. The van der Waals surface area contributed by atoms with E-state index in [9.17, 15) is 97.5 Å². The molecule has 438 valence electrons. The molecule has 0 rings (SSSR count). The van der Waals surface area contributed by atoms with Gasteiger partial charge in [-0.1, -0.05) is 34.1 Å². The van der Waals surface area contributed by atoms with E-state index in [1.807, 2.05) is 10.6 Å². The van der Waals surface area contributed by atoms with Gasteiger partial charge in [-0.15, -0.1) is 0 Å². The molecular weight excluding hydrogens is 1040 g/mol. The molecule has 0 saturated carbocycles. The van der Waals surface area contributed by atoms with Crippen LogP contribution in [0.2, 0.25) is 0 Å². The number of carboxylic acids is 5. The van der Waals surface area contributed by atoms with Crippen molar-refractivity contribution in [3.63, 3.8) is 0 Å². The van der Waals surface area contributed by atoms with Crippen LogP contribution in [0.4, 0.5) is 0 Å². The van der Waals surface area contributed by atoms with Crippen molar-refractivity contribution in [2.75, 3.05) is 6.54 Å². The summed E-state index contributed by atoms with van der Waals surface area (Å²) in [6, 6.07) is -14.9. The molecule has 0 spiro atoms. The number of primary amides is 3. The summed E-state index contributed by atoms with van der Waals surface area (Å²) < 4.78 is 0. The molecule has 0 aromatic rings. The number of nitrogens with one attached hydrogen (secondary N) is 7. The number of carbonyl (C=O) groups excluding carboxylic acids is 10. The largest absolute Gasteiger partial charge is 0.481 e. The number of carbonyl (C=O) groups is 15. The van der Waals surface area contributed by atoms with Crippen LogP contribution in [-0.4, -0.2) is 175 Å². The molecule has 0 aliphatic carbocycles. The molecule has 0 bridgehead atoms. The van der Waals surface area contributed by atoms with E-state index in [-0.39, 0.29) is 38.2 Å². The highest BCUT2D eigenvalue weighted by Gasteiger charge is 2.40. The number of carboxylic acid groups (broad SMARTS) is 5. The molecule has 0 heterocycles. The minimum Gasteiger partial charge on any atom is -0.481 e. The summed E-state index contributed by atoms with van der Waals surface area (Å²) in [5, 5.41) is 63.6. The Hall–Kier alpha value is -8.72. The summed E-state index contributed by atoms with van der Waals surface area (Å²) in [4.78, 5) is 195. The zero-order chi connectivity index (χ0) is 60.3. The second-order valence-electron chi connectivity index (χ2n) is 18.4. The first kappa shape index (κ1) is 69.3. The Morgan fingerprint density at radius 1 is 0.436 bits per heavy atom. The van der Waals surface area contributed by atoms with Gasteiger partial charge in [-0.2, -0.15) is 0 Å². The topological polar surface area (TPSA) is 610 Å². The van der Waals surface area contributed by atoms with Crippen LogP contribution in [0.3, 0.4) is 0 Å². The third-order valence-electron chi connectivity index (χ3n) is 11.5. The Labute approximate surface area is 445 Å². The fourth-order valence-electron chi connectivity index (χ4n) is 6.99. The molecule has 78 heavy (non-hydrogen) atoms. The van der Waals surface area contributed by atoms with E-state index in [4.69, 9.17) is 34.4 Å². The second-order valence-corrected chi connectivity index (χ2v) is 18.4. The van der Waals surface area contributed by atoms with Gasteiger partial charge in [0.1, 0.15) is 42.3 Å². The summed E-state index contributed by atoms with van der Waals surface area (Å²) in [5.74, 6) is -28.3. The van der Waals surface area contributed by atoms with E-state index < -0.39 is 206 Å². The molecule has 0 saturated heterocycles. The van der Waals surface area contributed by atoms with E-state index >= 15 is 0 Å². The number of nitrogens with two attached hydrogens (primary N) is 6. The average molecular weight is 1120 g/mol. The Morgan fingerprint density at radius 3 is 1.23 bits per heavy atom. The molecule has 34 heteroatoms. The highest BCUT2D eigenvalue weighted by atomic mass is 16.4. The lowest BCUT2D eigenvalue weighted by Gasteiger charge is -2.30. The van der Waals surface area contributed by atoms with Crippen molar-refractivity contribution in [2.45, 2.75) is 147 Å². The zero-order valence-corrected chi connectivity index (χ0v) is 43.2. The monoisotopic (exact) mass is 1120 g/mol. The highest BCUT2D eigenvalue weighted by Crippen LogP contribution is 2.16. The van der Waals surface area contributed by atoms with Crippen LogP contribution < -0.4 is 71.6 Å². The maximum atomic E-state index is 14.2. The van der Waals surface area contributed by atoms with Crippen LogP contribution in [0.15, 0.2) is 4.99 Å². The quantitative estimate of drug-likeness (QED) is 0.0118. The Morgan fingerprint density at radius 2 is 0.821 bits per heavy atom. The van der Waals surface area contributed by atoms with Gasteiger partial charge in [-0.25, -0.2) is 4.79 Å². The average Bonchev–Trinajstić information content (AvgIpc) is 3.32. The van der Waals surface area contributed by atoms with Crippen molar-refractivity contribution in [3.05, 3.63) is 0 Å². The third kappa shape index (κ3) is 26.2. The maximum absolute atomic E-state index is 14.2. The van der Waals surface area contributed by atoms with Crippen molar-refractivity contribution in [3.8, 4) is 0 Å². The molecule has 0 aromatic carbocycles. The Balaban J connectivity index is 7.22. The van der Waals surface area contributed by atoms with Gasteiger partial charge >= 0.3 is 29.8 Å². The van der Waals surface area contributed by atoms with Gasteiger partial charge < -0.3 is 97.2 Å².